The molecular formula is C15H16F2N2O2. The van der Waals surface area contributed by atoms with Crippen LogP contribution in [0.15, 0.2) is 24.3 Å². The maximum Gasteiger partial charge on any atom is 0.142 e. The predicted molar refractivity (Wildman–Crippen MR) is 77.1 cm³/mol. The van der Waals surface area contributed by atoms with Crippen molar-refractivity contribution >= 4 is 11.4 Å². The summed E-state index contributed by atoms with van der Waals surface area (Å²) < 4.78 is 27.1. The average molecular weight is 294 g/mol. The van der Waals surface area contributed by atoms with Gasteiger partial charge in [-0.1, -0.05) is 13.8 Å². The molecule has 4 nitrogen and oxygen atoms in total. The maximum atomic E-state index is 13.6. The zero-order chi connectivity index (χ0) is 15.9. The third-order valence-electron chi connectivity index (χ3n) is 3.56. The lowest BCUT2D eigenvalue weighted by atomic mass is 9.76. The van der Waals surface area contributed by atoms with Crippen LogP contribution in [0.25, 0.3) is 0 Å². The first-order valence-electron chi connectivity index (χ1n) is 6.21. The van der Waals surface area contributed by atoms with Crippen molar-refractivity contribution in [3.05, 3.63) is 47.0 Å². The van der Waals surface area contributed by atoms with Crippen molar-refractivity contribution in [1.29, 1.82) is 0 Å². The number of phenols is 2. The van der Waals surface area contributed by atoms with Gasteiger partial charge in [0.2, 0.25) is 0 Å². The van der Waals surface area contributed by atoms with Crippen LogP contribution < -0.4 is 11.5 Å². The van der Waals surface area contributed by atoms with E-state index in [-0.39, 0.29) is 34.0 Å². The summed E-state index contributed by atoms with van der Waals surface area (Å²) in [6, 6.07) is 4.14. The lowest BCUT2D eigenvalue weighted by Gasteiger charge is -2.28. The quantitative estimate of drug-likeness (QED) is 0.506. The topological polar surface area (TPSA) is 92.5 Å². The number of aromatic hydroxyl groups is 2. The van der Waals surface area contributed by atoms with Crippen molar-refractivity contribution in [2.75, 3.05) is 11.5 Å². The Morgan fingerprint density at radius 2 is 1.14 bits per heavy atom. The Morgan fingerprint density at radius 3 is 1.48 bits per heavy atom. The second kappa shape index (κ2) is 4.80. The minimum atomic E-state index is -1.11. The highest BCUT2D eigenvalue weighted by atomic mass is 19.1. The molecule has 0 spiro atoms. The van der Waals surface area contributed by atoms with E-state index >= 15 is 0 Å². The second-order valence-corrected chi connectivity index (χ2v) is 5.41. The maximum absolute atomic E-state index is 13.6. The van der Waals surface area contributed by atoms with Gasteiger partial charge in [0.05, 0.1) is 11.4 Å². The zero-order valence-electron chi connectivity index (χ0n) is 11.6. The van der Waals surface area contributed by atoms with Gasteiger partial charge in [-0.05, 0) is 12.1 Å². The molecule has 0 bridgehead atoms. The van der Waals surface area contributed by atoms with Gasteiger partial charge in [-0.15, -0.1) is 0 Å². The largest absolute Gasteiger partial charge is 0.505 e. The van der Waals surface area contributed by atoms with Crippen molar-refractivity contribution in [3.63, 3.8) is 0 Å². The van der Waals surface area contributed by atoms with Crippen LogP contribution in [0.1, 0.15) is 25.0 Å². The molecule has 2 rings (SSSR count). The van der Waals surface area contributed by atoms with Crippen molar-refractivity contribution in [2.24, 2.45) is 0 Å². The number of hydrogen-bond acceptors (Lipinski definition) is 4. The molecule has 0 unspecified atom stereocenters. The first-order valence-corrected chi connectivity index (χ1v) is 6.21. The summed E-state index contributed by atoms with van der Waals surface area (Å²) in [5.74, 6) is -1.92. The molecule has 0 atom stereocenters. The van der Waals surface area contributed by atoms with Crippen LogP contribution in [0, 0.1) is 11.6 Å². The Kier molecular flexibility index (Phi) is 3.41. The standard InChI is InChI=1S/C15H16F2N2O2/c1-15(2,9-3-7(16)5-11(18)13(9)20)10-4-8(17)6-12(19)14(10)21/h3-6,20-21H,18-19H2,1-2H3. The lowest BCUT2D eigenvalue weighted by molar-refractivity contribution is 0.433. The number of halogens is 2. The predicted octanol–water partition coefficient (Wildman–Crippen LogP) is 2.87. The second-order valence-electron chi connectivity index (χ2n) is 5.41. The van der Waals surface area contributed by atoms with Gasteiger partial charge in [0, 0.05) is 28.7 Å². The Bertz CT molecular complexity index is 656. The number of benzene rings is 2. The smallest absolute Gasteiger partial charge is 0.142 e. The number of nitrogen functional groups attached to an aromatic ring is 2. The molecule has 112 valence electrons. The van der Waals surface area contributed by atoms with Crippen LogP contribution in [0.5, 0.6) is 11.5 Å². The molecule has 6 N–H and O–H groups in total. The van der Waals surface area contributed by atoms with E-state index in [1.165, 1.54) is 0 Å². The molecule has 21 heavy (non-hydrogen) atoms. The van der Waals surface area contributed by atoms with Gasteiger partial charge in [-0.25, -0.2) is 8.78 Å². The Morgan fingerprint density at radius 1 is 0.810 bits per heavy atom. The van der Waals surface area contributed by atoms with Crippen LogP contribution in [-0.4, -0.2) is 10.2 Å². The van der Waals surface area contributed by atoms with Crippen molar-refractivity contribution < 1.29 is 19.0 Å². The molecule has 0 fully saturated rings. The van der Waals surface area contributed by atoms with Crippen molar-refractivity contribution in [3.8, 4) is 11.5 Å². The fraction of sp³-hybridized carbons (Fsp3) is 0.200. The fourth-order valence-electron chi connectivity index (χ4n) is 2.34. The fourth-order valence-corrected chi connectivity index (χ4v) is 2.34. The molecule has 2 aromatic carbocycles. The molecule has 0 aromatic heterocycles. The Balaban J connectivity index is 2.73. The molecule has 0 amide bonds. The summed E-state index contributed by atoms with van der Waals surface area (Å²) in [5.41, 5.74) is 9.95. The minimum Gasteiger partial charge on any atom is -0.505 e. The summed E-state index contributed by atoms with van der Waals surface area (Å²) in [5, 5.41) is 20.1. The molecule has 0 radical (unpaired) electrons. The summed E-state index contributed by atoms with van der Waals surface area (Å²) in [4.78, 5) is 0. The first kappa shape index (κ1) is 14.9. The Labute approximate surface area is 120 Å². The highest BCUT2D eigenvalue weighted by molar-refractivity contribution is 5.64. The van der Waals surface area contributed by atoms with E-state index in [9.17, 15) is 19.0 Å². The van der Waals surface area contributed by atoms with Crippen LogP contribution in [0.2, 0.25) is 0 Å². The van der Waals surface area contributed by atoms with Gasteiger partial charge in [-0.2, -0.15) is 0 Å². The number of anilines is 2. The Hall–Kier alpha value is -2.50. The number of hydrogen-bond donors (Lipinski definition) is 4. The monoisotopic (exact) mass is 294 g/mol. The lowest BCUT2D eigenvalue weighted by Crippen LogP contribution is -2.21. The molecule has 0 saturated heterocycles. The molecule has 0 aliphatic carbocycles. The number of nitrogens with two attached hydrogens (primary N) is 2. The van der Waals surface area contributed by atoms with Crippen molar-refractivity contribution in [1.82, 2.24) is 0 Å². The molecular weight excluding hydrogens is 278 g/mol. The van der Waals surface area contributed by atoms with Gasteiger partial charge < -0.3 is 21.7 Å². The molecule has 0 saturated carbocycles. The molecule has 0 heterocycles. The highest BCUT2D eigenvalue weighted by Crippen LogP contribution is 2.44. The SMILES string of the molecule is CC(C)(c1cc(F)cc(N)c1O)c1cc(F)cc(N)c1O. The van der Waals surface area contributed by atoms with Crippen LogP contribution in [0.3, 0.4) is 0 Å². The van der Waals surface area contributed by atoms with Gasteiger partial charge in [0.15, 0.2) is 0 Å². The summed E-state index contributed by atoms with van der Waals surface area (Å²) >= 11 is 0. The molecule has 6 heteroatoms. The van der Waals surface area contributed by atoms with E-state index < -0.39 is 17.0 Å². The molecule has 0 aliphatic heterocycles. The molecule has 0 aliphatic rings. The van der Waals surface area contributed by atoms with Crippen LogP contribution >= 0.6 is 0 Å². The number of phenolic OH excluding ortho intramolecular Hbond substituents is 2. The van der Waals surface area contributed by atoms with Gasteiger partial charge in [0.1, 0.15) is 23.1 Å². The summed E-state index contributed by atoms with van der Waals surface area (Å²) in [6.07, 6.45) is 0. The van der Waals surface area contributed by atoms with Gasteiger partial charge in [-0.3, -0.25) is 0 Å². The first-order chi connectivity index (χ1) is 9.64. The van der Waals surface area contributed by atoms with E-state index in [4.69, 9.17) is 11.5 Å². The average Bonchev–Trinajstić information content (AvgIpc) is 2.37. The van der Waals surface area contributed by atoms with Crippen LogP contribution in [0.4, 0.5) is 20.2 Å². The number of rotatable bonds is 2. The van der Waals surface area contributed by atoms with E-state index in [1.54, 1.807) is 13.8 Å². The summed E-state index contributed by atoms with van der Waals surface area (Å²) in [6.45, 7) is 3.18. The van der Waals surface area contributed by atoms with Crippen LogP contribution in [-0.2, 0) is 5.41 Å². The molecule has 2 aromatic rings. The minimum absolute atomic E-state index is 0.125. The third-order valence-corrected chi connectivity index (χ3v) is 3.56. The highest BCUT2D eigenvalue weighted by Gasteiger charge is 2.31. The zero-order valence-corrected chi connectivity index (χ0v) is 11.6. The third kappa shape index (κ3) is 2.44. The van der Waals surface area contributed by atoms with Crippen molar-refractivity contribution in [2.45, 2.75) is 19.3 Å². The van der Waals surface area contributed by atoms with Gasteiger partial charge in [0.25, 0.3) is 0 Å². The van der Waals surface area contributed by atoms with E-state index in [0.29, 0.717) is 0 Å². The van der Waals surface area contributed by atoms with Gasteiger partial charge >= 0.3 is 0 Å². The normalized spacial score (nSPS) is 11.6. The van der Waals surface area contributed by atoms with E-state index in [1.807, 2.05) is 0 Å². The van der Waals surface area contributed by atoms with E-state index in [0.717, 1.165) is 24.3 Å². The summed E-state index contributed by atoms with van der Waals surface area (Å²) in [7, 11) is 0. The van der Waals surface area contributed by atoms with E-state index in [2.05, 4.69) is 0 Å².